The molecule has 1 heterocycles. The maximum Gasteiger partial charge on any atom is 0.235 e. The van der Waals surface area contributed by atoms with E-state index in [2.05, 4.69) is 16.3 Å². The molecule has 5 nitrogen and oxygen atoms in total. The molecule has 118 valence electrons. The molecule has 0 aromatic rings. The van der Waals surface area contributed by atoms with Gasteiger partial charge in [0.05, 0.1) is 12.6 Å². The summed E-state index contributed by atoms with van der Waals surface area (Å²) in [5.74, 6) is 0.468. The van der Waals surface area contributed by atoms with Gasteiger partial charge in [0.25, 0.3) is 0 Å². The Morgan fingerprint density at radius 2 is 2.14 bits per heavy atom. The lowest BCUT2D eigenvalue weighted by atomic mass is 9.83. The fourth-order valence-corrected chi connectivity index (χ4v) is 3.59. The number of amides is 1. The average molecular weight is 292 g/mol. The maximum absolute atomic E-state index is 12.3. The molecule has 0 spiro atoms. The van der Waals surface area contributed by atoms with Crippen molar-refractivity contribution in [3.05, 3.63) is 0 Å². The summed E-state index contributed by atoms with van der Waals surface area (Å²) in [7, 11) is 0. The Labute approximate surface area is 127 Å². The van der Waals surface area contributed by atoms with Crippen molar-refractivity contribution in [2.75, 3.05) is 19.6 Å². The fraction of sp³-hybridized carbons (Fsp3) is 0.875. The smallest absolute Gasteiger partial charge is 0.235 e. The molecule has 2 atom stereocenters. The summed E-state index contributed by atoms with van der Waals surface area (Å²) in [6, 6.07) is 2.52. The van der Waals surface area contributed by atoms with Gasteiger partial charge in [-0.1, -0.05) is 19.3 Å². The molecule has 1 saturated carbocycles. The molecule has 2 fully saturated rings. The van der Waals surface area contributed by atoms with E-state index in [0.29, 0.717) is 12.5 Å². The Morgan fingerprint density at radius 1 is 1.43 bits per heavy atom. The van der Waals surface area contributed by atoms with Gasteiger partial charge in [0, 0.05) is 12.6 Å². The fourth-order valence-electron chi connectivity index (χ4n) is 3.59. The van der Waals surface area contributed by atoms with E-state index >= 15 is 0 Å². The van der Waals surface area contributed by atoms with E-state index in [9.17, 15) is 10.1 Å². The Kier molecular flexibility index (Phi) is 5.60. The first-order valence-corrected chi connectivity index (χ1v) is 8.25. The molecule has 2 aliphatic rings. The average Bonchev–Trinajstić information content (AvgIpc) is 2.48. The maximum atomic E-state index is 12.3. The third kappa shape index (κ3) is 4.42. The number of carbonyl (C=O) groups is 1. The topological polar surface area (TPSA) is 82.2 Å². The zero-order valence-electron chi connectivity index (χ0n) is 13.1. The minimum Gasteiger partial charge on any atom is -0.337 e. The van der Waals surface area contributed by atoms with Crippen LogP contribution in [-0.4, -0.2) is 42.0 Å². The molecule has 0 aromatic heterocycles. The van der Waals surface area contributed by atoms with Crippen molar-refractivity contribution in [1.82, 2.24) is 10.2 Å². The molecule has 21 heavy (non-hydrogen) atoms. The van der Waals surface area contributed by atoms with Crippen LogP contribution in [0.15, 0.2) is 0 Å². The van der Waals surface area contributed by atoms with Gasteiger partial charge < -0.3 is 11.1 Å². The molecule has 2 unspecified atom stereocenters. The van der Waals surface area contributed by atoms with Crippen molar-refractivity contribution in [1.29, 1.82) is 5.26 Å². The van der Waals surface area contributed by atoms with Crippen molar-refractivity contribution in [2.45, 2.75) is 63.5 Å². The van der Waals surface area contributed by atoms with Crippen molar-refractivity contribution in [3.63, 3.8) is 0 Å². The number of nitrogens with two attached hydrogens (primary N) is 1. The Balaban J connectivity index is 1.85. The molecule has 0 radical (unpaired) electrons. The van der Waals surface area contributed by atoms with Crippen LogP contribution >= 0.6 is 0 Å². The second-order valence-electron chi connectivity index (χ2n) is 6.80. The van der Waals surface area contributed by atoms with Crippen molar-refractivity contribution >= 4 is 5.91 Å². The Hall–Kier alpha value is -1.12. The Bertz CT molecular complexity index is 396. The SMILES string of the molecule is CC(N)C1CCCN(CC(=O)NC2(C#N)CCCCC2)C1. The second-order valence-corrected chi connectivity index (χ2v) is 6.80. The van der Waals surface area contributed by atoms with E-state index in [1.807, 2.05) is 6.92 Å². The van der Waals surface area contributed by atoms with Gasteiger partial charge in [0.15, 0.2) is 0 Å². The van der Waals surface area contributed by atoms with Crippen molar-refractivity contribution in [2.24, 2.45) is 11.7 Å². The van der Waals surface area contributed by atoms with Crippen LogP contribution in [-0.2, 0) is 4.79 Å². The molecule has 0 bridgehead atoms. The van der Waals surface area contributed by atoms with Crippen LogP contribution in [0.5, 0.6) is 0 Å². The summed E-state index contributed by atoms with van der Waals surface area (Å²) in [6.45, 7) is 4.29. The molecular formula is C16H28N4O. The van der Waals surface area contributed by atoms with Crippen molar-refractivity contribution in [3.8, 4) is 6.07 Å². The van der Waals surface area contributed by atoms with E-state index in [1.54, 1.807) is 0 Å². The number of likely N-dealkylation sites (tertiary alicyclic amines) is 1. The normalized spacial score (nSPS) is 27.6. The first-order chi connectivity index (χ1) is 10.0. The predicted octanol–water partition coefficient (Wildman–Crippen LogP) is 1.39. The molecule has 1 amide bonds. The highest BCUT2D eigenvalue weighted by Crippen LogP contribution is 2.27. The highest BCUT2D eigenvalue weighted by atomic mass is 16.2. The Morgan fingerprint density at radius 3 is 2.76 bits per heavy atom. The summed E-state index contributed by atoms with van der Waals surface area (Å²) in [5.41, 5.74) is 5.36. The van der Waals surface area contributed by atoms with Gasteiger partial charge in [-0.2, -0.15) is 5.26 Å². The zero-order chi connectivity index (χ0) is 15.3. The van der Waals surface area contributed by atoms with Crippen LogP contribution in [0.2, 0.25) is 0 Å². The molecule has 1 aliphatic heterocycles. The van der Waals surface area contributed by atoms with Crippen LogP contribution in [0, 0.1) is 17.2 Å². The third-order valence-corrected chi connectivity index (χ3v) is 4.95. The molecule has 5 heteroatoms. The summed E-state index contributed by atoms with van der Waals surface area (Å²) in [6.07, 6.45) is 7.06. The molecule has 1 aliphatic carbocycles. The van der Waals surface area contributed by atoms with E-state index in [1.165, 1.54) is 6.42 Å². The largest absolute Gasteiger partial charge is 0.337 e. The van der Waals surface area contributed by atoms with Gasteiger partial charge in [-0.05, 0) is 45.1 Å². The van der Waals surface area contributed by atoms with Gasteiger partial charge in [0.2, 0.25) is 5.91 Å². The van der Waals surface area contributed by atoms with E-state index in [0.717, 1.165) is 51.6 Å². The monoisotopic (exact) mass is 292 g/mol. The number of rotatable bonds is 4. The minimum absolute atomic E-state index is 0.0104. The number of carbonyl (C=O) groups excluding carboxylic acids is 1. The molecule has 1 saturated heterocycles. The van der Waals surface area contributed by atoms with E-state index < -0.39 is 5.54 Å². The lowest BCUT2D eigenvalue weighted by Gasteiger charge is -2.36. The minimum atomic E-state index is -0.619. The highest BCUT2D eigenvalue weighted by Gasteiger charge is 2.34. The zero-order valence-corrected chi connectivity index (χ0v) is 13.1. The summed E-state index contributed by atoms with van der Waals surface area (Å²) < 4.78 is 0. The lowest BCUT2D eigenvalue weighted by molar-refractivity contribution is -0.124. The van der Waals surface area contributed by atoms with Crippen LogP contribution in [0.4, 0.5) is 0 Å². The summed E-state index contributed by atoms with van der Waals surface area (Å²) >= 11 is 0. The summed E-state index contributed by atoms with van der Waals surface area (Å²) in [5, 5.41) is 12.4. The highest BCUT2D eigenvalue weighted by molar-refractivity contribution is 5.79. The lowest BCUT2D eigenvalue weighted by Crippen LogP contribution is -2.53. The number of nitrogens with one attached hydrogen (secondary N) is 1. The molecule has 0 aromatic carbocycles. The van der Waals surface area contributed by atoms with Crippen LogP contribution in [0.1, 0.15) is 51.9 Å². The van der Waals surface area contributed by atoms with Gasteiger partial charge >= 0.3 is 0 Å². The van der Waals surface area contributed by atoms with Crippen molar-refractivity contribution < 1.29 is 4.79 Å². The van der Waals surface area contributed by atoms with Gasteiger partial charge in [-0.3, -0.25) is 9.69 Å². The summed E-state index contributed by atoms with van der Waals surface area (Å²) in [4.78, 5) is 14.5. The number of piperidine rings is 1. The van der Waals surface area contributed by atoms with E-state index in [-0.39, 0.29) is 11.9 Å². The first kappa shape index (κ1) is 16.3. The van der Waals surface area contributed by atoms with Crippen LogP contribution in [0.3, 0.4) is 0 Å². The van der Waals surface area contributed by atoms with E-state index in [4.69, 9.17) is 5.73 Å². The number of hydrogen-bond acceptors (Lipinski definition) is 4. The second kappa shape index (κ2) is 7.24. The number of hydrogen-bond donors (Lipinski definition) is 2. The quantitative estimate of drug-likeness (QED) is 0.820. The number of nitrogens with zero attached hydrogens (tertiary/aromatic N) is 2. The predicted molar refractivity (Wildman–Crippen MR) is 82.4 cm³/mol. The molecular weight excluding hydrogens is 264 g/mol. The first-order valence-electron chi connectivity index (χ1n) is 8.25. The standard InChI is InChI=1S/C16H28N4O/c1-13(18)14-6-5-9-20(10-14)11-15(21)19-16(12-17)7-3-2-4-8-16/h13-14H,2-11,18H2,1H3,(H,19,21). The van der Waals surface area contributed by atoms with Crippen LogP contribution < -0.4 is 11.1 Å². The van der Waals surface area contributed by atoms with Gasteiger partial charge in [-0.25, -0.2) is 0 Å². The molecule has 2 rings (SSSR count). The van der Waals surface area contributed by atoms with Crippen LogP contribution in [0.25, 0.3) is 0 Å². The van der Waals surface area contributed by atoms with Gasteiger partial charge in [0.1, 0.15) is 5.54 Å². The molecule has 3 N–H and O–H groups in total. The number of nitriles is 1. The van der Waals surface area contributed by atoms with Gasteiger partial charge in [-0.15, -0.1) is 0 Å². The third-order valence-electron chi connectivity index (χ3n) is 4.95.